The summed E-state index contributed by atoms with van der Waals surface area (Å²) in [4.78, 5) is 0. The number of ether oxygens (including phenoxy) is 1. The second kappa shape index (κ2) is 9.83. The fraction of sp³-hybridized carbons (Fsp3) is 0.684. The molecule has 0 aromatic heterocycles. The molecule has 1 aromatic rings. The van der Waals surface area contributed by atoms with E-state index in [1.54, 1.807) is 7.11 Å². The van der Waals surface area contributed by atoms with Crippen LogP contribution >= 0.6 is 0 Å². The third-order valence-electron chi connectivity index (χ3n) is 4.32. The maximum absolute atomic E-state index is 5.39. The maximum Gasteiger partial charge on any atom is 0.121 e. The van der Waals surface area contributed by atoms with Gasteiger partial charge in [0.1, 0.15) is 5.75 Å². The molecule has 1 aromatic carbocycles. The molecule has 0 bridgehead atoms. The van der Waals surface area contributed by atoms with Crippen molar-refractivity contribution in [2.75, 3.05) is 13.7 Å². The molecule has 1 N–H and O–H groups in total. The Morgan fingerprint density at radius 3 is 2.43 bits per heavy atom. The van der Waals surface area contributed by atoms with Crippen LogP contribution in [0.5, 0.6) is 5.75 Å². The van der Waals surface area contributed by atoms with Crippen molar-refractivity contribution in [2.45, 2.75) is 65.8 Å². The molecule has 0 radical (unpaired) electrons. The van der Waals surface area contributed by atoms with Crippen molar-refractivity contribution in [3.05, 3.63) is 29.3 Å². The van der Waals surface area contributed by atoms with Gasteiger partial charge >= 0.3 is 0 Å². The summed E-state index contributed by atoms with van der Waals surface area (Å²) in [5.41, 5.74) is 2.63. The monoisotopic (exact) mass is 291 g/mol. The molecule has 0 saturated heterocycles. The zero-order valence-electron chi connectivity index (χ0n) is 14.5. The lowest BCUT2D eigenvalue weighted by atomic mass is 9.86. The Morgan fingerprint density at radius 2 is 1.90 bits per heavy atom. The molecule has 2 unspecified atom stereocenters. The van der Waals surface area contributed by atoms with Gasteiger partial charge in [0, 0.05) is 6.04 Å². The lowest BCUT2D eigenvalue weighted by molar-refractivity contribution is 0.323. The Balaban J connectivity index is 2.96. The molecule has 0 aliphatic carbocycles. The largest absolute Gasteiger partial charge is 0.496 e. The van der Waals surface area contributed by atoms with Gasteiger partial charge in [-0.2, -0.15) is 0 Å². The number of methoxy groups -OCH3 is 1. The summed E-state index contributed by atoms with van der Waals surface area (Å²) in [6.45, 7) is 10.0. The Morgan fingerprint density at radius 1 is 1.14 bits per heavy atom. The molecule has 21 heavy (non-hydrogen) atoms. The molecule has 0 fully saturated rings. The van der Waals surface area contributed by atoms with Crippen molar-refractivity contribution >= 4 is 0 Å². The smallest absolute Gasteiger partial charge is 0.121 e. The Labute approximate surface area is 131 Å². The van der Waals surface area contributed by atoms with Crippen LogP contribution in [0.4, 0.5) is 0 Å². The molecule has 2 atom stereocenters. The van der Waals surface area contributed by atoms with E-state index < -0.39 is 0 Å². The summed E-state index contributed by atoms with van der Waals surface area (Å²) in [6.07, 6.45) is 6.30. The van der Waals surface area contributed by atoms with E-state index in [4.69, 9.17) is 4.74 Å². The van der Waals surface area contributed by atoms with Gasteiger partial charge in [0.2, 0.25) is 0 Å². The highest BCUT2D eigenvalue weighted by Crippen LogP contribution is 2.31. The molecule has 0 aliphatic rings. The Kier molecular flexibility index (Phi) is 8.44. The van der Waals surface area contributed by atoms with E-state index in [0.29, 0.717) is 12.0 Å². The van der Waals surface area contributed by atoms with Crippen LogP contribution in [0, 0.1) is 12.8 Å². The number of hydrogen-bond acceptors (Lipinski definition) is 2. The highest BCUT2D eigenvalue weighted by atomic mass is 16.5. The standard InChI is InChI=1S/C19H33NO/c1-6-9-10-16(8-3)19(20-13-7-2)17-11-12-18(21-5)15(4)14-17/h11-12,14,16,19-20H,6-10,13H2,1-5H3. The molecule has 0 heterocycles. The average Bonchev–Trinajstić information content (AvgIpc) is 2.50. The number of rotatable bonds is 10. The number of unbranched alkanes of at least 4 members (excludes halogenated alkanes) is 1. The van der Waals surface area contributed by atoms with Crippen LogP contribution in [0.2, 0.25) is 0 Å². The van der Waals surface area contributed by atoms with Crippen molar-refractivity contribution in [3.63, 3.8) is 0 Å². The molecule has 120 valence electrons. The zero-order valence-corrected chi connectivity index (χ0v) is 14.5. The second-order valence-electron chi connectivity index (χ2n) is 5.97. The highest BCUT2D eigenvalue weighted by Gasteiger charge is 2.21. The predicted octanol–water partition coefficient (Wildman–Crippen LogP) is 5.26. The van der Waals surface area contributed by atoms with Crippen LogP contribution in [-0.2, 0) is 0 Å². The van der Waals surface area contributed by atoms with Crippen LogP contribution in [0.25, 0.3) is 0 Å². The summed E-state index contributed by atoms with van der Waals surface area (Å²) >= 11 is 0. The number of benzene rings is 1. The first-order chi connectivity index (χ1) is 10.2. The van der Waals surface area contributed by atoms with E-state index in [2.05, 4.69) is 51.2 Å². The lowest BCUT2D eigenvalue weighted by Crippen LogP contribution is -2.29. The van der Waals surface area contributed by atoms with E-state index in [-0.39, 0.29) is 0 Å². The van der Waals surface area contributed by atoms with Gasteiger partial charge in [-0.3, -0.25) is 0 Å². The zero-order chi connectivity index (χ0) is 15.7. The first-order valence-electron chi connectivity index (χ1n) is 8.55. The van der Waals surface area contributed by atoms with E-state index >= 15 is 0 Å². The van der Waals surface area contributed by atoms with Gasteiger partial charge in [-0.05, 0) is 49.4 Å². The third kappa shape index (κ3) is 5.35. The van der Waals surface area contributed by atoms with Crippen LogP contribution in [0.3, 0.4) is 0 Å². The fourth-order valence-electron chi connectivity index (χ4n) is 3.02. The topological polar surface area (TPSA) is 21.3 Å². The van der Waals surface area contributed by atoms with Crippen molar-refractivity contribution < 1.29 is 4.74 Å². The van der Waals surface area contributed by atoms with E-state index in [1.807, 2.05) is 0 Å². The van der Waals surface area contributed by atoms with Gasteiger partial charge in [-0.1, -0.05) is 52.2 Å². The van der Waals surface area contributed by atoms with Crippen molar-refractivity contribution in [1.29, 1.82) is 0 Å². The van der Waals surface area contributed by atoms with Gasteiger partial charge in [-0.15, -0.1) is 0 Å². The van der Waals surface area contributed by atoms with Crippen LogP contribution in [0.15, 0.2) is 18.2 Å². The average molecular weight is 291 g/mol. The molecule has 0 amide bonds. The van der Waals surface area contributed by atoms with Crippen LogP contribution in [-0.4, -0.2) is 13.7 Å². The molecule has 0 saturated carbocycles. The Bertz CT molecular complexity index is 403. The van der Waals surface area contributed by atoms with Gasteiger partial charge in [0.25, 0.3) is 0 Å². The minimum absolute atomic E-state index is 0.464. The SMILES string of the molecule is CCCCC(CC)C(NCCC)c1ccc(OC)c(C)c1. The van der Waals surface area contributed by atoms with E-state index in [9.17, 15) is 0 Å². The van der Waals surface area contributed by atoms with E-state index in [1.165, 1.54) is 43.2 Å². The fourth-order valence-corrected chi connectivity index (χ4v) is 3.02. The molecule has 0 aliphatic heterocycles. The third-order valence-corrected chi connectivity index (χ3v) is 4.32. The van der Waals surface area contributed by atoms with Crippen molar-refractivity contribution in [1.82, 2.24) is 5.32 Å². The molecular formula is C19H33NO. The molecule has 1 rings (SSSR count). The summed E-state index contributed by atoms with van der Waals surface area (Å²) in [6, 6.07) is 7.10. The first kappa shape index (κ1) is 18.0. The van der Waals surface area contributed by atoms with Crippen molar-refractivity contribution in [2.24, 2.45) is 5.92 Å². The van der Waals surface area contributed by atoms with Crippen molar-refractivity contribution in [3.8, 4) is 5.75 Å². The van der Waals surface area contributed by atoms with Crippen LogP contribution in [0.1, 0.15) is 70.0 Å². The minimum Gasteiger partial charge on any atom is -0.496 e. The number of aryl methyl sites for hydroxylation is 1. The second-order valence-corrected chi connectivity index (χ2v) is 5.97. The number of hydrogen-bond donors (Lipinski definition) is 1. The maximum atomic E-state index is 5.39. The van der Waals surface area contributed by atoms with Gasteiger partial charge in [0.05, 0.1) is 7.11 Å². The lowest BCUT2D eigenvalue weighted by Gasteiger charge is -2.28. The van der Waals surface area contributed by atoms with Gasteiger partial charge < -0.3 is 10.1 Å². The quantitative estimate of drug-likeness (QED) is 0.635. The summed E-state index contributed by atoms with van der Waals surface area (Å²) in [5.74, 6) is 1.69. The summed E-state index contributed by atoms with van der Waals surface area (Å²) in [7, 11) is 1.74. The molecule has 0 spiro atoms. The molecule has 2 heteroatoms. The first-order valence-corrected chi connectivity index (χ1v) is 8.55. The van der Waals surface area contributed by atoms with E-state index in [0.717, 1.165) is 12.3 Å². The van der Waals surface area contributed by atoms with Gasteiger partial charge in [0.15, 0.2) is 0 Å². The minimum atomic E-state index is 0.464. The van der Waals surface area contributed by atoms with Crippen LogP contribution < -0.4 is 10.1 Å². The molecular weight excluding hydrogens is 258 g/mol. The summed E-state index contributed by atoms with van der Waals surface area (Å²) in [5, 5.41) is 3.77. The predicted molar refractivity (Wildman–Crippen MR) is 92.1 cm³/mol. The highest BCUT2D eigenvalue weighted by molar-refractivity contribution is 5.37. The Hall–Kier alpha value is -1.02. The molecule has 2 nitrogen and oxygen atoms in total. The normalized spacial score (nSPS) is 14.0. The summed E-state index contributed by atoms with van der Waals surface area (Å²) < 4.78 is 5.39. The van der Waals surface area contributed by atoms with Gasteiger partial charge in [-0.25, -0.2) is 0 Å². The number of nitrogens with one attached hydrogen (secondary N) is 1.